The van der Waals surface area contributed by atoms with Gasteiger partial charge in [0, 0.05) is 53.8 Å². The molecule has 3 aromatic carbocycles. The lowest BCUT2D eigenvalue weighted by Gasteiger charge is -2.63. The van der Waals surface area contributed by atoms with Crippen LogP contribution < -0.4 is 26.0 Å². The summed E-state index contributed by atoms with van der Waals surface area (Å²) in [6.07, 6.45) is 0.0835. The number of nitrogens with zero attached hydrogens (tertiary/aromatic N) is 3. The number of amides is 4. The number of unbranched alkanes of at least 4 members (excludes halogenated alkanes) is 2. The molecule has 1 unspecified atom stereocenters. The molecule has 18 heteroatoms. The van der Waals surface area contributed by atoms with Gasteiger partial charge in [0.2, 0.25) is 17.7 Å². The maximum Gasteiger partial charge on any atom is 0.508 e. The van der Waals surface area contributed by atoms with Gasteiger partial charge in [-0.05, 0) is 99.9 Å². The lowest BCUT2D eigenvalue weighted by atomic mass is 9.49. The number of benzene rings is 3. The molecule has 4 N–H and O–H groups in total. The zero-order valence-electron chi connectivity index (χ0n) is 44.4. The highest BCUT2D eigenvalue weighted by Gasteiger charge is 2.64. The molecule has 6 rings (SSSR count). The van der Waals surface area contributed by atoms with Gasteiger partial charge in [-0.15, -0.1) is 11.3 Å². The van der Waals surface area contributed by atoms with Crippen LogP contribution in [0.3, 0.4) is 0 Å². The highest BCUT2D eigenvalue weighted by Crippen LogP contribution is 2.55. The summed E-state index contributed by atoms with van der Waals surface area (Å²) in [5, 5.41) is 22.1. The topological polar surface area (TPSA) is 210 Å². The van der Waals surface area contributed by atoms with Crippen LogP contribution >= 0.6 is 22.9 Å². The number of aromatic nitrogens is 1. The summed E-state index contributed by atoms with van der Waals surface area (Å²) in [6, 6.07) is 19.7. The van der Waals surface area contributed by atoms with Crippen molar-refractivity contribution in [2.24, 2.45) is 16.2 Å². The summed E-state index contributed by atoms with van der Waals surface area (Å²) >= 11 is 7.81. The zero-order valence-corrected chi connectivity index (χ0v) is 46.0. The Labute approximate surface area is 444 Å². The normalized spacial score (nSPS) is 19.5. The van der Waals surface area contributed by atoms with Gasteiger partial charge in [0.15, 0.2) is 0 Å². The van der Waals surface area contributed by atoms with Gasteiger partial charge in [0.05, 0.1) is 45.4 Å². The van der Waals surface area contributed by atoms with E-state index < -0.39 is 59.6 Å². The fraction of sp³-hybridized carbons (Fsp3) is 0.518. The van der Waals surface area contributed by atoms with Crippen molar-refractivity contribution in [2.45, 2.75) is 144 Å². The standard InChI is InChI=1S/C56H72ClN7O9S/c1-33(2)71-53(69)73-42-28-44(49(67)61-34(3)36-15-17-37(18-16-36)46-35(4)60-32-74-46)64(30-42)50(68)47(54(5,6)7)62-45(65)31-70-26-14-12-13-25-59-40-22-19-38(20-23-40)48(66)63-51-55(8,9)52(56(51,10)11)72-41-24-21-39(29-58)43(57)27-41/h15-24,27,32-34,42,44,47,51-52,59H,12-14,25-26,28,30-31H2,1-11H3,(H,61,67)(H,62,65)(H,63,66)/t34?,42-,44+,47-,51-,52-/m1/s1. The number of thiazole rings is 1. The minimum Gasteiger partial charge on any atom is -0.489 e. The summed E-state index contributed by atoms with van der Waals surface area (Å²) < 4.78 is 22.9. The molecule has 0 radical (unpaired) electrons. The van der Waals surface area contributed by atoms with Gasteiger partial charge in [-0.3, -0.25) is 19.2 Å². The third-order valence-corrected chi connectivity index (χ3v) is 15.0. The Bertz CT molecular complexity index is 2640. The van der Waals surface area contributed by atoms with E-state index in [-0.39, 0.29) is 48.5 Å². The Kier molecular flexibility index (Phi) is 18.8. The molecular weight excluding hydrogens is 982 g/mol. The van der Waals surface area contributed by atoms with E-state index in [4.69, 9.17) is 30.5 Å². The quantitative estimate of drug-likeness (QED) is 0.0454. The van der Waals surface area contributed by atoms with E-state index in [1.165, 1.54) is 4.90 Å². The summed E-state index contributed by atoms with van der Waals surface area (Å²) in [5.74, 6) is -0.967. The number of halogens is 1. The molecule has 74 heavy (non-hydrogen) atoms. The molecule has 2 fully saturated rings. The van der Waals surface area contributed by atoms with E-state index in [0.717, 1.165) is 40.2 Å². The van der Waals surface area contributed by atoms with Crippen LogP contribution in [0.1, 0.15) is 128 Å². The van der Waals surface area contributed by atoms with Crippen LogP contribution in [0.2, 0.25) is 5.02 Å². The van der Waals surface area contributed by atoms with Crippen LogP contribution in [0, 0.1) is 34.5 Å². The third-order valence-electron chi connectivity index (χ3n) is 13.7. The molecule has 1 saturated carbocycles. The largest absolute Gasteiger partial charge is 0.508 e. The number of hydrogen-bond donors (Lipinski definition) is 4. The second kappa shape index (κ2) is 24.4. The number of nitriles is 1. The molecule has 1 saturated heterocycles. The number of aryl methyl sites for hydroxylation is 1. The van der Waals surface area contributed by atoms with E-state index in [1.807, 2.05) is 71.0 Å². The number of nitrogens with one attached hydrogen (secondary N) is 4. The predicted molar refractivity (Wildman–Crippen MR) is 286 cm³/mol. The molecule has 2 heterocycles. The molecule has 1 aliphatic carbocycles. The summed E-state index contributed by atoms with van der Waals surface area (Å²) in [5.41, 5.74) is 4.92. The maximum absolute atomic E-state index is 14.5. The second-order valence-electron chi connectivity index (χ2n) is 21.8. The van der Waals surface area contributed by atoms with Crippen molar-refractivity contribution in [3.63, 3.8) is 0 Å². The Morgan fingerprint density at radius 3 is 2.23 bits per heavy atom. The molecule has 0 bridgehead atoms. The van der Waals surface area contributed by atoms with Crippen LogP contribution in [-0.4, -0.2) is 102 Å². The predicted octanol–water partition coefficient (Wildman–Crippen LogP) is 9.79. The first kappa shape index (κ1) is 57.1. The molecule has 0 spiro atoms. The van der Waals surface area contributed by atoms with Gasteiger partial charge in [-0.1, -0.05) is 84.3 Å². The molecule has 4 atom stereocenters. The van der Waals surface area contributed by atoms with Crippen LogP contribution in [0.4, 0.5) is 10.5 Å². The average molecular weight is 1050 g/mol. The number of carbonyl (C=O) groups excluding carboxylic acids is 5. The van der Waals surface area contributed by atoms with Crippen molar-refractivity contribution in [1.29, 1.82) is 5.26 Å². The van der Waals surface area contributed by atoms with Crippen LogP contribution in [0.5, 0.6) is 5.75 Å². The minimum absolute atomic E-state index is 0.0483. The number of ether oxygens (including phenoxy) is 4. The summed E-state index contributed by atoms with van der Waals surface area (Å²) in [6.45, 7) is 21.7. The van der Waals surface area contributed by atoms with Crippen molar-refractivity contribution in [3.8, 4) is 22.3 Å². The van der Waals surface area contributed by atoms with Crippen molar-refractivity contribution < 1.29 is 42.9 Å². The fourth-order valence-corrected chi connectivity index (χ4v) is 11.1. The number of likely N-dealkylation sites (tertiary alicyclic amines) is 1. The fourth-order valence-electron chi connectivity index (χ4n) is 10.1. The summed E-state index contributed by atoms with van der Waals surface area (Å²) in [4.78, 5) is 74.6. The van der Waals surface area contributed by atoms with Crippen molar-refractivity contribution in [3.05, 3.63) is 99.6 Å². The number of hydrogen-bond acceptors (Lipinski definition) is 13. The Morgan fingerprint density at radius 2 is 1.62 bits per heavy atom. The van der Waals surface area contributed by atoms with Crippen molar-refractivity contribution in [1.82, 2.24) is 25.8 Å². The molecule has 16 nitrogen and oxygen atoms in total. The van der Waals surface area contributed by atoms with E-state index in [1.54, 1.807) is 61.0 Å². The number of anilines is 1. The van der Waals surface area contributed by atoms with Crippen LogP contribution in [-0.2, 0) is 28.6 Å². The molecule has 1 aliphatic heterocycles. The van der Waals surface area contributed by atoms with Crippen LogP contribution in [0.25, 0.3) is 10.4 Å². The minimum atomic E-state index is -1.03. The SMILES string of the molecule is Cc1ncsc1-c1ccc(C(C)NC(=O)[C@@H]2C[C@@H](OC(=O)OC(C)C)CN2C(=O)[C@@H](NC(=O)COCCCCCNc2ccc(C(=O)N[C@H]3C(C)(C)[C@H](Oc4ccc(C#N)c(Cl)c4)C3(C)C)cc2)C(C)(C)C)cc1. The van der Waals surface area contributed by atoms with Gasteiger partial charge in [-0.2, -0.15) is 5.26 Å². The van der Waals surface area contributed by atoms with E-state index in [2.05, 4.69) is 60.0 Å². The lowest BCUT2D eigenvalue weighted by molar-refractivity contribution is -0.164. The van der Waals surface area contributed by atoms with E-state index in [9.17, 15) is 29.2 Å². The highest BCUT2D eigenvalue weighted by molar-refractivity contribution is 7.13. The monoisotopic (exact) mass is 1050 g/mol. The molecule has 398 valence electrons. The second-order valence-corrected chi connectivity index (χ2v) is 23.1. The van der Waals surface area contributed by atoms with Crippen LogP contribution in [0.15, 0.2) is 72.2 Å². The smallest absolute Gasteiger partial charge is 0.489 e. The van der Waals surface area contributed by atoms with Crippen molar-refractivity contribution in [2.75, 3.05) is 31.6 Å². The first-order valence-corrected chi connectivity index (χ1v) is 26.5. The van der Waals surface area contributed by atoms with Gasteiger partial charge < -0.3 is 45.1 Å². The lowest BCUT2D eigenvalue weighted by Crippen LogP contribution is -2.74. The van der Waals surface area contributed by atoms with Gasteiger partial charge in [0.25, 0.3) is 5.91 Å². The van der Waals surface area contributed by atoms with Gasteiger partial charge in [0.1, 0.15) is 42.7 Å². The third kappa shape index (κ3) is 14.1. The Morgan fingerprint density at radius 1 is 0.932 bits per heavy atom. The Hall–Kier alpha value is -6.22. The molecule has 1 aromatic heterocycles. The van der Waals surface area contributed by atoms with Crippen molar-refractivity contribution >= 4 is 58.4 Å². The molecule has 2 aliphatic rings. The molecule has 4 aromatic rings. The zero-order chi connectivity index (χ0) is 54.1. The number of rotatable bonds is 21. The average Bonchev–Trinajstić information content (AvgIpc) is 3.97. The first-order chi connectivity index (χ1) is 34.9. The molecule has 4 amide bonds. The highest BCUT2D eigenvalue weighted by atomic mass is 35.5. The maximum atomic E-state index is 14.5. The molecular formula is C56H72ClN7O9S. The first-order valence-electron chi connectivity index (χ1n) is 25.3. The summed E-state index contributed by atoms with van der Waals surface area (Å²) in [7, 11) is 0. The van der Waals surface area contributed by atoms with Gasteiger partial charge in [-0.25, -0.2) is 9.78 Å². The van der Waals surface area contributed by atoms with Gasteiger partial charge >= 0.3 is 6.16 Å². The number of carbonyl (C=O) groups is 5. The van der Waals surface area contributed by atoms with E-state index in [0.29, 0.717) is 41.5 Å². The Balaban J connectivity index is 0.935. The van der Waals surface area contributed by atoms with E-state index >= 15 is 0 Å².